The first-order valence-electron chi connectivity index (χ1n) is 5.41. The lowest BCUT2D eigenvalue weighted by Gasteiger charge is -2.22. The van der Waals surface area contributed by atoms with Gasteiger partial charge in [-0.05, 0) is 18.1 Å². The van der Waals surface area contributed by atoms with Crippen LogP contribution in [0.25, 0.3) is 0 Å². The average molecular weight is 220 g/mol. The zero-order valence-corrected chi connectivity index (χ0v) is 9.46. The second-order valence-corrected chi connectivity index (χ2v) is 4.29. The molecule has 1 aromatic carbocycles. The van der Waals surface area contributed by atoms with E-state index in [2.05, 4.69) is 0 Å². The lowest BCUT2D eigenvalue weighted by molar-refractivity contribution is 0.103. The molecule has 1 heterocycles. The number of anilines is 1. The third kappa shape index (κ3) is 1.76. The van der Waals surface area contributed by atoms with Gasteiger partial charge in [-0.1, -0.05) is 32.0 Å². The molecule has 0 spiro atoms. The van der Waals surface area contributed by atoms with Gasteiger partial charge < -0.3 is 10.5 Å². The van der Waals surface area contributed by atoms with Crippen molar-refractivity contribution in [1.82, 2.24) is 0 Å². The fraction of sp³-hybridized carbons (Fsp3) is 0.417. The molecule has 0 bridgehead atoms. The summed E-state index contributed by atoms with van der Waals surface area (Å²) in [7, 11) is 0. The number of nitrogens with zero attached hydrogens (tertiary/aromatic N) is 1. The number of cyclic esters (lactones) is 1. The number of nitrogens with two attached hydrogens (primary N) is 1. The van der Waals surface area contributed by atoms with E-state index < -0.39 is 6.17 Å². The number of ether oxygens (including phenoxy) is 1. The molecule has 1 aromatic rings. The predicted octanol–water partition coefficient (Wildman–Crippen LogP) is 1.95. The normalized spacial score (nSPS) is 25.0. The number of hydrogen-bond donors (Lipinski definition) is 1. The molecule has 4 nitrogen and oxygen atoms in total. The van der Waals surface area contributed by atoms with Gasteiger partial charge in [0.25, 0.3) is 0 Å². The summed E-state index contributed by atoms with van der Waals surface area (Å²) in [4.78, 5) is 13.2. The van der Waals surface area contributed by atoms with Gasteiger partial charge in [0.2, 0.25) is 0 Å². The van der Waals surface area contributed by atoms with Crippen molar-refractivity contribution < 1.29 is 9.53 Å². The summed E-state index contributed by atoms with van der Waals surface area (Å²) in [6, 6.07) is 9.35. The molecular weight excluding hydrogens is 204 g/mol. The van der Waals surface area contributed by atoms with Crippen molar-refractivity contribution in [3.8, 4) is 0 Å². The van der Waals surface area contributed by atoms with E-state index in [0.717, 1.165) is 5.69 Å². The lowest BCUT2D eigenvalue weighted by Crippen LogP contribution is -2.45. The number of benzene rings is 1. The van der Waals surface area contributed by atoms with Crippen LogP contribution >= 0.6 is 0 Å². The number of carbonyl (C=O) groups is 1. The summed E-state index contributed by atoms with van der Waals surface area (Å²) in [5.74, 6) is 0.215. The van der Waals surface area contributed by atoms with E-state index in [1.807, 2.05) is 44.2 Å². The summed E-state index contributed by atoms with van der Waals surface area (Å²) in [6.07, 6.45) is -1.01. The summed E-state index contributed by atoms with van der Waals surface area (Å²) in [6.45, 7) is 3.98. The molecule has 1 amide bonds. The van der Waals surface area contributed by atoms with E-state index in [1.165, 1.54) is 4.90 Å². The van der Waals surface area contributed by atoms with Gasteiger partial charge in [-0.2, -0.15) is 0 Å². The predicted molar refractivity (Wildman–Crippen MR) is 62.0 cm³/mol. The minimum Gasteiger partial charge on any atom is -0.442 e. The number of amides is 1. The Morgan fingerprint density at radius 3 is 2.44 bits per heavy atom. The highest BCUT2D eigenvalue weighted by Crippen LogP contribution is 2.27. The first-order chi connectivity index (χ1) is 7.61. The maximum atomic E-state index is 11.7. The Morgan fingerprint density at radius 1 is 1.31 bits per heavy atom. The van der Waals surface area contributed by atoms with E-state index in [4.69, 9.17) is 10.5 Å². The van der Waals surface area contributed by atoms with Crippen molar-refractivity contribution in [3.63, 3.8) is 0 Å². The molecule has 1 saturated heterocycles. The van der Waals surface area contributed by atoms with Crippen molar-refractivity contribution in [3.05, 3.63) is 30.3 Å². The fourth-order valence-electron chi connectivity index (χ4n) is 1.91. The standard InChI is InChI=1S/C12H16N2O2/c1-8(2)10-11(13)14(12(15)16-10)9-6-4-3-5-7-9/h3-8,10-11H,13H2,1-2H3. The quantitative estimate of drug-likeness (QED) is 0.828. The highest BCUT2D eigenvalue weighted by Gasteiger charge is 2.41. The minimum atomic E-state index is -0.408. The van der Waals surface area contributed by atoms with Crippen LogP contribution in [-0.2, 0) is 4.74 Å². The third-order valence-corrected chi connectivity index (χ3v) is 2.76. The number of rotatable bonds is 2. The second-order valence-electron chi connectivity index (χ2n) is 4.29. The monoisotopic (exact) mass is 220 g/mol. The van der Waals surface area contributed by atoms with Crippen LogP contribution in [0.1, 0.15) is 13.8 Å². The van der Waals surface area contributed by atoms with Crippen molar-refractivity contribution in [2.75, 3.05) is 4.90 Å². The number of hydrogen-bond acceptors (Lipinski definition) is 3. The van der Waals surface area contributed by atoms with Crippen molar-refractivity contribution in [2.24, 2.45) is 11.7 Å². The molecule has 1 aliphatic rings. The molecule has 2 atom stereocenters. The summed E-state index contributed by atoms with van der Waals surface area (Å²) < 4.78 is 5.26. The Labute approximate surface area is 95.0 Å². The maximum Gasteiger partial charge on any atom is 0.416 e. The Hall–Kier alpha value is -1.55. The van der Waals surface area contributed by atoms with Crippen LogP contribution in [0.15, 0.2) is 30.3 Å². The van der Waals surface area contributed by atoms with Crippen LogP contribution in [0.3, 0.4) is 0 Å². The van der Waals surface area contributed by atoms with Crippen LogP contribution in [0.5, 0.6) is 0 Å². The van der Waals surface area contributed by atoms with Gasteiger partial charge in [0, 0.05) is 5.69 Å². The molecule has 2 rings (SSSR count). The van der Waals surface area contributed by atoms with Gasteiger partial charge in [0.05, 0.1) is 0 Å². The second kappa shape index (κ2) is 4.14. The molecule has 1 fully saturated rings. The summed E-state index contributed by atoms with van der Waals surface area (Å²) >= 11 is 0. The number of carbonyl (C=O) groups excluding carboxylic acids is 1. The van der Waals surface area contributed by atoms with Gasteiger partial charge in [-0.3, -0.25) is 4.90 Å². The molecule has 86 valence electrons. The summed E-state index contributed by atoms with van der Waals surface area (Å²) in [5, 5.41) is 0. The Kier molecular flexibility index (Phi) is 2.83. The fourth-order valence-corrected chi connectivity index (χ4v) is 1.91. The van der Waals surface area contributed by atoms with Crippen LogP contribution < -0.4 is 10.6 Å². The zero-order valence-electron chi connectivity index (χ0n) is 9.46. The Bertz CT molecular complexity index is 378. The minimum absolute atomic E-state index is 0.215. The molecule has 2 unspecified atom stereocenters. The van der Waals surface area contributed by atoms with E-state index in [0.29, 0.717) is 0 Å². The van der Waals surface area contributed by atoms with E-state index in [-0.39, 0.29) is 18.1 Å². The average Bonchev–Trinajstić information content (AvgIpc) is 2.56. The molecule has 4 heteroatoms. The zero-order chi connectivity index (χ0) is 11.7. The first-order valence-corrected chi connectivity index (χ1v) is 5.41. The van der Waals surface area contributed by atoms with Crippen molar-refractivity contribution >= 4 is 11.8 Å². The molecule has 0 aromatic heterocycles. The lowest BCUT2D eigenvalue weighted by atomic mass is 10.1. The largest absolute Gasteiger partial charge is 0.442 e. The van der Waals surface area contributed by atoms with Crippen LogP contribution in [0, 0.1) is 5.92 Å². The van der Waals surface area contributed by atoms with E-state index >= 15 is 0 Å². The smallest absolute Gasteiger partial charge is 0.416 e. The van der Waals surface area contributed by atoms with E-state index in [1.54, 1.807) is 0 Å². The maximum absolute atomic E-state index is 11.7. The molecule has 16 heavy (non-hydrogen) atoms. The van der Waals surface area contributed by atoms with Crippen LogP contribution in [0.2, 0.25) is 0 Å². The highest BCUT2D eigenvalue weighted by atomic mass is 16.6. The summed E-state index contributed by atoms with van der Waals surface area (Å²) in [5.41, 5.74) is 6.81. The molecule has 0 radical (unpaired) electrons. The topological polar surface area (TPSA) is 55.6 Å². The van der Waals surface area contributed by atoms with Crippen molar-refractivity contribution in [1.29, 1.82) is 0 Å². The Balaban J connectivity index is 2.27. The Morgan fingerprint density at radius 2 is 1.94 bits per heavy atom. The van der Waals surface area contributed by atoms with Crippen LogP contribution in [0.4, 0.5) is 10.5 Å². The van der Waals surface area contributed by atoms with Gasteiger partial charge >= 0.3 is 6.09 Å². The first kappa shape index (κ1) is 11.0. The van der Waals surface area contributed by atoms with Crippen molar-refractivity contribution in [2.45, 2.75) is 26.1 Å². The highest BCUT2D eigenvalue weighted by molar-refractivity contribution is 5.90. The van der Waals surface area contributed by atoms with Crippen LogP contribution in [-0.4, -0.2) is 18.4 Å². The third-order valence-electron chi connectivity index (χ3n) is 2.76. The van der Waals surface area contributed by atoms with Gasteiger partial charge in [0.15, 0.2) is 0 Å². The van der Waals surface area contributed by atoms with Gasteiger partial charge in [-0.15, -0.1) is 0 Å². The molecule has 0 saturated carbocycles. The molecule has 0 aliphatic carbocycles. The molecule has 2 N–H and O–H groups in total. The SMILES string of the molecule is CC(C)C1OC(=O)N(c2ccccc2)C1N. The number of para-hydroxylation sites is 1. The van der Waals surface area contributed by atoms with E-state index in [9.17, 15) is 4.79 Å². The van der Waals surface area contributed by atoms with Gasteiger partial charge in [-0.25, -0.2) is 4.79 Å². The van der Waals surface area contributed by atoms with Gasteiger partial charge in [0.1, 0.15) is 12.3 Å². The molecule has 1 aliphatic heterocycles. The molecular formula is C12H16N2O2.